The van der Waals surface area contributed by atoms with Crippen molar-refractivity contribution in [2.75, 3.05) is 6.54 Å². The van der Waals surface area contributed by atoms with Crippen LogP contribution in [0.25, 0.3) is 10.2 Å². The van der Waals surface area contributed by atoms with E-state index in [-0.39, 0.29) is 30.3 Å². The predicted molar refractivity (Wildman–Crippen MR) is 106 cm³/mol. The Morgan fingerprint density at radius 2 is 1.84 bits per heavy atom. The van der Waals surface area contributed by atoms with Crippen LogP contribution < -0.4 is 11.1 Å². The molecule has 1 aromatic heterocycles. The van der Waals surface area contributed by atoms with Crippen molar-refractivity contribution in [2.24, 2.45) is 11.7 Å². The number of hydrogen-bond acceptors (Lipinski definition) is 4. The van der Waals surface area contributed by atoms with Crippen LogP contribution in [0.15, 0.2) is 54.6 Å². The van der Waals surface area contributed by atoms with E-state index in [9.17, 15) is 4.79 Å². The van der Waals surface area contributed by atoms with E-state index in [0.717, 1.165) is 22.5 Å². The number of aromatic nitrogens is 1. The molecule has 2 atom stereocenters. The molecule has 0 bridgehead atoms. The number of nitrogens with one attached hydrogen (secondary N) is 1. The van der Waals surface area contributed by atoms with E-state index in [0.29, 0.717) is 6.54 Å². The molecule has 0 aliphatic heterocycles. The molecule has 0 aliphatic carbocycles. The van der Waals surface area contributed by atoms with Gasteiger partial charge >= 0.3 is 0 Å². The minimum absolute atomic E-state index is 0. The van der Waals surface area contributed by atoms with Crippen LogP contribution in [-0.4, -0.2) is 17.4 Å². The van der Waals surface area contributed by atoms with E-state index in [1.54, 1.807) is 11.3 Å². The SMILES string of the molecule is CC(C(=O)NCCc1nc2ccccc2s1)C(N)c1ccccc1.Cl. The Balaban J connectivity index is 0.00000225. The first-order valence-electron chi connectivity index (χ1n) is 8.08. The number of halogens is 1. The quantitative estimate of drug-likeness (QED) is 0.690. The molecule has 2 aromatic carbocycles. The van der Waals surface area contributed by atoms with Crippen molar-refractivity contribution in [3.05, 3.63) is 65.2 Å². The van der Waals surface area contributed by atoms with Crippen LogP contribution in [0.3, 0.4) is 0 Å². The average Bonchev–Trinajstić information content (AvgIpc) is 3.03. The Bertz CT molecular complexity index is 789. The molecule has 3 rings (SSSR count). The third-order valence-corrected chi connectivity index (χ3v) is 5.21. The van der Waals surface area contributed by atoms with Gasteiger partial charge in [0.2, 0.25) is 5.91 Å². The third-order valence-electron chi connectivity index (χ3n) is 4.11. The lowest BCUT2D eigenvalue weighted by Gasteiger charge is -2.19. The highest BCUT2D eigenvalue weighted by molar-refractivity contribution is 7.18. The molecule has 0 saturated heterocycles. The van der Waals surface area contributed by atoms with E-state index in [2.05, 4.69) is 16.4 Å². The first kappa shape index (κ1) is 19.4. The van der Waals surface area contributed by atoms with Crippen molar-refractivity contribution in [1.29, 1.82) is 0 Å². The van der Waals surface area contributed by atoms with Gasteiger partial charge in [0.1, 0.15) is 0 Å². The first-order valence-corrected chi connectivity index (χ1v) is 8.89. The Morgan fingerprint density at radius 3 is 2.56 bits per heavy atom. The summed E-state index contributed by atoms with van der Waals surface area (Å²) in [5, 5.41) is 4.01. The maximum atomic E-state index is 12.3. The monoisotopic (exact) mass is 375 g/mol. The molecule has 0 radical (unpaired) electrons. The second kappa shape index (κ2) is 8.94. The number of rotatable bonds is 6. The molecule has 0 aliphatic rings. The van der Waals surface area contributed by atoms with Gasteiger partial charge in [0.25, 0.3) is 0 Å². The van der Waals surface area contributed by atoms with Crippen LogP contribution in [0.1, 0.15) is 23.5 Å². The van der Waals surface area contributed by atoms with Gasteiger partial charge in [0.05, 0.1) is 21.1 Å². The summed E-state index contributed by atoms with van der Waals surface area (Å²) in [4.78, 5) is 16.9. The summed E-state index contributed by atoms with van der Waals surface area (Å²) in [7, 11) is 0. The molecular formula is C19H22ClN3OS. The summed E-state index contributed by atoms with van der Waals surface area (Å²) in [6.45, 7) is 2.44. The summed E-state index contributed by atoms with van der Waals surface area (Å²) in [6, 6.07) is 17.5. The van der Waals surface area contributed by atoms with Gasteiger partial charge in [0.15, 0.2) is 0 Å². The fraction of sp³-hybridized carbons (Fsp3) is 0.263. The maximum Gasteiger partial charge on any atom is 0.224 e. The predicted octanol–water partition coefficient (Wildman–Crippen LogP) is 3.71. The number of para-hydroxylation sites is 1. The normalized spacial score (nSPS) is 13.0. The lowest BCUT2D eigenvalue weighted by Crippen LogP contribution is -2.36. The van der Waals surface area contributed by atoms with E-state index >= 15 is 0 Å². The van der Waals surface area contributed by atoms with E-state index in [4.69, 9.17) is 5.73 Å². The minimum atomic E-state index is -0.298. The highest BCUT2D eigenvalue weighted by Gasteiger charge is 2.21. The van der Waals surface area contributed by atoms with Gasteiger partial charge in [-0.15, -0.1) is 23.7 Å². The van der Waals surface area contributed by atoms with E-state index in [1.165, 1.54) is 4.70 Å². The zero-order chi connectivity index (χ0) is 16.9. The lowest BCUT2D eigenvalue weighted by atomic mass is 9.95. The Labute approximate surface area is 157 Å². The highest BCUT2D eigenvalue weighted by atomic mass is 35.5. The standard InChI is InChI=1S/C19H21N3OS.ClH/c1-13(18(20)14-7-3-2-4-8-14)19(23)21-12-11-17-22-15-9-5-6-10-16(15)24-17;/h2-10,13,18H,11-12,20H2,1H3,(H,21,23);1H. The molecule has 0 spiro atoms. The zero-order valence-electron chi connectivity index (χ0n) is 14.0. The number of thiazole rings is 1. The molecule has 1 heterocycles. The Kier molecular flexibility index (Phi) is 6.93. The fourth-order valence-corrected chi connectivity index (χ4v) is 3.57. The zero-order valence-corrected chi connectivity index (χ0v) is 15.6. The number of nitrogens with two attached hydrogens (primary N) is 1. The van der Waals surface area contributed by atoms with Crippen LogP contribution >= 0.6 is 23.7 Å². The molecule has 3 N–H and O–H groups in total. The molecule has 0 fully saturated rings. The molecule has 6 heteroatoms. The van der Waals surface area contributed by atoms with Gasteiger partial charge in [-0.2, -0.15) is 0 Å². The molecule has 4 nitrogen and oxygen atoms in total. The van der Waals surface area contributed by atoms with Crippen molar-refractivity contribution in [3.63, 3.8) is 0 Å². The maximum absolute atomic E-state index is 12.3. The first-order chi connectivity index (χ1) is 11.6. The summed E-state index contributed by atoms with van der Waals surface area (Å²) >= 11 is 1.67. The largest absolute Gasteiger partial charge is 0.355 e. The molecular weight excluding hydrogens is 354 g/mol. The van der Waals surface area contributed by atoms with Crippen molar-refractivity contribution in [1.82, 2.24) is 10.3 Å². The number of carbonyl (C=O) groups excluding carboxylic acids is 1. The van der Waals surface area contributed by atoms with Crippen LogP contribution in [0, 0.1) is 5.92 Å². The number of nitrogens with zero attached hydrogens (tertiary/aromatic N) is 1. The summed E-state index contributed by atoms with van der Waals surface area (Å²) in [5.74, 6) is -0.296. The molecule has 132 valence electrons. The fourth-order valence-electron chi connectivity index (χ4n) is 2.61. The Morgan fingerprint density at radius 1 is 1.16 bits per heavy atom. The Hall–Kier alpha value is -1.95. The van der Waals surface area contributed by atoms with E-state index in [1.807, 2.05) is 55.5 Å². The number of fused-ring (bicyclic) bond motifs is 1. The summed E-state index contributed by atoms with van der Waals surface area (Å²) < 4.78 is 1.18. The van der Waals surface area contributed by atoms with Gasteiger partial charge in [-0.3, -0.25) is 4.79 Å². The van der Waals surface area contributed by atoms with Crippen LogP contribution in [-0.2, 0) is 11.2 Å². The molecule has 2 unspecified atom stereocenters. The number of benzene rings is 2. The minimum Gasteiger partial charge on any atom is -0.355 e. The van der Waals surface area contributed by atoms with Crippen molar-refractivity contribution in [3.8, 4) is 0 Å². The average molecular weight is 376 g/mol. The number of amides is 1. The summed E-state index contributed by atoms with van der Waals surface area (Å²) in [6.07, 6.45) is 0.735. The van der Waals surface area contributed by atoms with E-state index < -0.39 is 0 Å². The van der Waals surface area contributed by atoms with Crippen LogP contribution in [0.5, 0.6) is 0 Å². The van der Waals surface area contributed by atoms with Gasteiger partial charge in [-0.25, -0.2) is 4.98 Å². The van der Waals surface area contributed by atoms with Gasteiger partial charge < -0.3 is 11.1 Å². The van der Waals surface area contributed by atoms with Gasteiger partial charge in [-0.1, -0.05) is 49.4 Å². The lowest BCUT2D eigenvalue weighted by molar-refractivity contribution is -0.125. The molecule has 25 heavy (non-hydrogen) atoms. The highest BCUT2D eigenvalue weighted by Crippen LogP contribution is 2.22. The van der Waals surface area contributed by atoms with Crippen molar-refractivity contribution in [2.45, 2.75) is 19.4 Å². The molecule has 3 aromatic rings. The smallest absolute Gasteiger partial charge is 0.224 e. The van der Waals surface area contributed by atoms with Gasteiger partial charge in [-0.05, 0) is 17.7 Å². The van der Waals surface area contributed by atoms with Gasteiger partial charge in [0, 0.05) is 19.0 Å². The van der Waals surface area contributed by atoms with Crippen LogP contribution in [0.2, 0.25) is 0 Å². The second-order valence-corrected chi connectivity index (χ2v) is 6.96. The third kappa shape index (κ3) is 4.78. The number of carbonyl (C=O) groups is 1. The number of hydrogen-bond donors (Lipinski definition) is 2. The molecule has 1 amide bonds. The van der Waals surface area contributed by atoms with Crippen molar-refractivity contribution < 1.29 is 4.79 Å². The topological polar surface area (TPSA) is 68.0 Å². The van der Waals surface area contributed by atoms with Crippen molar-refractivity contribution >= 4 is 39.9 Å². The summed E-state index contributed by atoms with van der Waals surface area (Å²) in [5.41, 5.74) is 8.20. The molecule has 0 saturated carbocycles. The van der Waals surface area contributed by atoms with Crippen LogP contribution in [0.4, 0.5) is 0 Å². The second-order valence-electron chi connectivity index (χ2n) is 5.84.